The Morgan fingerprint density at radius 2 is 0.783 bits per heavy atom. The molecule has 0 radical (unpaired) electrons. The highest BCUT2D eigenvalue weighted by Gasteiger charge is 2.54. The Labute approximate surface area is 340 Å². The molecule has 0 aromatic rings. The van der Waals surface area contributed by atoms with Gasteiger partial charge in [0.15, 0.2) is 18.9 Å². The smallest absolute Gasteiger partial charge is 0.394 e. The van der Waals surface area contributed by atoms with E-state index in [2.05, 4.69) is 0 Å². The highest BCUT2D eigenvalue weighted by Crippen LogP contribution is 2.34. The zero-order valence-electron chi connectivity index (χ0n) is 30.7. The lowest BCUT2D eigenvalue weighted by atomic mass is 9.84. The number of hydrogen-bond donors (Lipinski definition) is 19. The normalized spacial score (nSPS) is 40.5. The molecule has 1 saturated carbocycles. The van der Waals surface area contributed by atoms with Crippen LogP contribution in [0.1, 0.15) is 6.42 Å². The van der Waals surface area contributed by atoms with Crippen LogP contribution in [-0.2, 0) is 59.6 Å². The Bertz CT molecular complexity index is 1440. The second-order valence-electron chi connectivity index (χ2n) is 12.6. The lowest BCUT2D eigenvalue weighted by Gasteiger charge is -2.47. The second-order valence-corrected chi connectivity index (χ2v) is 15.3. The highest BCUT2D eigenvalue weighted by atomic mass is 32.3. The summed E-state index contributed by atoms with van der Waals surface area (Å²) in [6.45, 7) is -0.967. The van der Waals surface area contributed by atoms with Crippen molar-refractivity contribution in [1.29, 1.82) is 0 Å². The highest BCUT2D eigenvalue weighted by molar-refractivity contribution is 7.80. The monoisotopic (exact) mass is 962 g/mol. The molecule has 0 amide bonds. The maximum Gasteiger partial charge on any atom is 0.394 e. The molecule has 3 aliphatic heterocycles. The van der Waals surface area contributed by atoms with E-state index in [-0.39, 0.29) is 35.9 Å². The summed E-state index contributed by atoms with van der Waals surface area (Å²) in [7, 11) is -14.0. The molecule has 31 N–H and O–H groups in total. The predicted molar refractivity (Wildman–Crippen MR) is 192 cm³/mol. The van der Waals surface area contributed by atoms with Gasteiger partial charge in [-0.25, -0.2) is 0 Å². The molecule has 37 heteroatoms. The first-order chi connectivity index (χ1) is 25.8. The molecule has 34 nitrogen and oxygen atoms in total. The van der Waals surface area contributed by atoms with Gasteiger partial charge < -0.3 is 115 Å². The van der Waals surface area contributed by atoms with Gasteiger partial charge in [-0.15, -0.1) is 0 Å². The van der Waals surface area contributed by atoms with Gasteiger partial charge in [0.05, 0.1) is 24.8 Å². The molecule has 0 aromatic heterocycles. The fraction of sp³-hybridized carbons (Fsp3) is 1.00. The average molecular weight is 963 g/mol. The summed E-state index contributed by atoms with van der Waals surface area (Å²) < 4.78 is 129. The Morgan fingerprint density at radius 1 is 0.467 bits per heavy atom. The molecule has 60 heavy (non-hydrogen) atoms. The van der Waals surface area contributed by atoms with Gasteiger partial charge in [0.25, 0.3) is 0 Å². The predicted octanol–water partition coefficient (Wildman–Crippen LogP) is -13.3. The zero-order chi connectivity index (χ0) is 44.5. The van der Waals surface area contributed by atoms with Gasteiger partial charge in [-0.05, 0) is 6.42 Å². The summed E-state index contributed by atoms with van der Waals surface area (Å²) in [5.41, 5.74) is 35.6. The van der Waals surface area contributed by atoms with E-state index in [4.69, 9.17) is 115 Å². The fourth-order valence-electron chi connectivity index (χ4n) is 5.74. The van der Waals surface area contributed by atoms with Crippen LogP contribution >= 0.6 is 0 Å². The molecular formula is C23H58N6O28S3. The van der Waals surface area contributed by atoms with Crippen molar-refractivity contribution in [2.24, 2.45) is 34.4 Å². The third-order valence-corrected chi connectivity index (χ3v) is 8.37. The first kappa shape index (κ1) is 63.0. The molecule has 0 bridgehead atoms. The minimum absolute atomic E-state index is 0. The molecular weight excluding hydrogens is 904 g/mol. The van der Waals surface area contributed by atoms with Crippen LogP contribution in [0.3, 0.4) is 0 Å². The van der Waals surface area contributed by atoms with Crippen molar-refractivity contribution in [1.82, 2.24) is 0 Å². The van der Waals surface area contributed by atoms with Crippen molar-refractivity contribution >= 4 is 31.2 Å². The number of rotatable bonds is 9. The molecule has 4 fully saturated rings. The van der Waals surface area contributed by atoms with Crippen LogP contribution in [0, 0.1) is 0 Å². The topological polar surface area (TPSA) is 671 Å². The van der Waals surface area contributed by atoms with E-state index in [0.29, 0.717) is 0 Å². The van der Waals surface area contributed by atoms with E-state index < -0.39 is 154 Å². The van der Waals surface area contributed by atoms with Crippen molar-refractivity contribution in [3.63, 3.8) is 0 Å². The summed E-state index contributed by atoms with van der Waals surface area (Å²) >= 11 is 0. The first-order valence-corrected chi connectivity index (χ1v) is 20.2. The van der Waals surface area contributed by atoms with Crippen LogP contribution in [0.15, 0.2) is 0 Å². The van der Waals surface area contributed by atoms with E-state index in [0.717, 1.165) is 0 Å². The van der Waals surface area contributed by atoms with Crippen LogP contribution < -0.4 is 34.4 Å². The Hall–Kier alpha value is -1.27. The van der Waals surface area contributed by atoms with Gasteiger partial charge in [-0.3, -0.25) is 27.3 Å². The SMILES string of the molecule is NC[C@@H]1O[C@@H](O[C@@H]2C(CO)OC(OC3C(OC4O[C@H](CN)C(O)[C@H](O)[C@H]4N)[C@@H](N)CC(N)[C@@H]3O)[C@@H]2O)[C@H](N)[C@@H](O)C1O.O.O.O.O=S(=O)(O)O.O=S(=O)(O)O.O=S(=O)(O)O. The van der Waals surface area contributed by atoms with Crippen molar-refractivity contribution < 1.29 is 133 Å². The molecule has 0 spiro atoms. The largest absolute Gasteiger partial charge is 0.412 e. The van der Waals surface area contributed by atoms with Crippen LogP contribution in [0.2, 0.25) is 0 Å². The van der Waals surface area contributed by atoms with Crippen molar-refractivity contribution in [2.75, 3.05) is 19.7 Å². The number of aliphatic hydroxyl groups is 7. The summed E-state index contributed by atoms with van der Waals surface area (Å²) in [4.78, 5) is 0. The number of aliphatic hydroxyl groups excluding tert-OH is 7. The molecule has 4 rings (SSSR count). The average Bonchev–Trinajstić information content (AvgIpc) is 3.36. The van der Waals surface area contributed by atoms with E-state index in [9.17, 15) is 35.7 Å². The number of ether oxygens (including phenoxy) is 6. The third kappa shape index (κ3) is 20.5. The van der Waals surface area contributed by atoms with Gasteiger partial charge >= 0.3 is 31.2 Å². The standard InChI is InChI=1S/C23H46N6O13.3H2O4S.3H2O/c24-2-7-13(32)15(34)10(28)21(37-7)40-18-6(27)1-5(26)12(31)20(18)42-23-17(36)19(9(4-30)39-23)41-22-11(29)16(35)14(33)8(3-25)38-22;3*1-5(2,3)4;;;/h5-23,30-36H,1-4,24-29H2;3*(H2,1,2,3,4);3*1H2/t5?,6-,7+,8-,9?,10+,11+,12-,13?,14?,15+,16+,17+,18?,19+,20?,21?,22-,23?;;;;;;/m0....../s1. The van der Waals surface area contributed by atoms with Gasteiger partial charge in [-0.2, -0.15) is 25.3 Å². The molecule has 3 saturated heterocycles. The molecule has 4 aliphatic rings. The van der Waals surface area contributed by atoms with Gasteiger partial charge in [0.2, 0.25) is 0 Å². The van der Waals surface area contributed by atoms with Gasteiger partial charge in [-0.1, -0.05) is 0 Å². The zero-order valence-corrected chi connectivity index (χ0v) is 33.1. The maximum atomic E-state index is 11.1. The molecule has 8 unspecified atom stereocenters. The van der Waals surface area contributed by atoms with E-state index in [1.807, 2.05) is 0 Å². The van der Waals surface area contributed by atoms with Crippen LogP contribution in [0.4, 0.5) is 0 Å². The Kier molecular flexibility index (Phi) is 27.8. The summed E-state index contributed by atoms with van der Waals surface area (Å²) in [6, 6.07) is -4.18. The summed E-state index contributed by atoms with van der Waals surface area (Å²) in [5.74, 6) is 0. The third-order valence-electron chi connectivity index (χ3n) is 8.37. The first-order valence-electron chi connectivity index (χ1n) is 16.0. The van der Waals surface area contributed by atoms with Crippen LogP contribution in [0.5, 0.6) is 0 Å². The summed E-state index contributed by atoms with van der Waals surface area (Å²) in [6.07, 6.45) is -19.8. The van der Waals surface area contributed by atoms with E-state index in [1.54, 1.807) is 0 Å². The lowest BCUT2D eigenvalue weighted by molar-refractivity contribution is -0.306. The molecule has 0 aromatic carbocycles. The second kappa shape index (κ2) is 26.5. The maximum absolute atomic E-state index is 11.1. The van der Waals surface area contributed by atoms with Gasteiger partial charge in [0, 0.05) is 25.2 Å². The Morgan fingerprint density at radius 3 is 1.12 bits per heavy atom. The van der Waals surface area contributed by atoms with Crippen LogP contribution in [0.25, 0.3) is 0 Å². The van der Waals surface area contributed by atoms with E-state index >= 15 is 0 Å². The molecule has 1 aliphatic carbocycles. The molecule has 3 heterocycles. The Balaban J connectivity index is -0.00000155. The van der Waals surface area contributed by atoms with Crippen molar-refractivity contribution in [2.45, 2.75) is 123 Å². The minimum Gasteiger partial charge on any atom is -0.412 e. The van der Waals surface area contributed by atoms with Gasteiger partial charge in [0.1, 0.15) is 67.1 Å². The number of hydrogen-bond acceptors (Lipinski definition) is 25. The molecule has 366 valence electrons. The van der Waals surface area contributed by atoms with Crippen molar-refractivity contribution in [3.05, 3.63) is 0 Å². The van der Waals surface area contributed by atoms with E-state index in [1.165, 1.54) is 0 Å². The number of nitrogens with two attached hydrogens (primary N) is 6. The lowest BCUT2D eigenvalue weighted by Crippen LogP contribution is -2.68. The van der Waals surface area contributed by atoms with Crippen LogP contribution in [-0.4, -0.2) is 241 Å². The minimum atomic E-state index is -4.67. The quantitative estimate of drug-likeness (QED) is 0.0954. The summed E-state index contributed by atoms with van der Waals surface area (Å²) in [5, 5.41) is 73.0. The molecule has 19 atom stereocenters. The van der Waals surface area contributed by atoms with Crippen molar-refractivity contribution in [3.8, 4) is 0 Å². The fourth-order valence-corrected chi connectivity index (χ4v) is 5.74.